The van der Waals surface area contributed by atoms with Crippen LogP contribution in [0.1, 0.15) is 13.3 Å². The number of azide groups is 2. The van der Waals surface area contributed by atoms with Crippen LogP contribution in [0.3, 0.4) is 0 Å². The van der Waals surface area contributed by atoms with Crippen molar-refractivity contribution in [3.05, 3.63) is 20.9 Å². The summed E-state index contributed by atoms with van der Waals surface area (Å²) in [5.41, 5.74) is 16.4. The van der Waals surface area contributed by atoms with Crippen molar-refractivity contribution in [3.8, 4) is 0 Å². The van der Waals surface area contributed by atoms with Crippen LogP contribution in [-0.2, 0) is 9.47 Å². The fraction of sp³-hybridized carbons (Fsp3) is 1.00. The quantitative estimate of drug-likeness (QED) is 0.394. The minimum atomic E-state index is -0.323. The molecule has 2 atom stereocenters. The van der Waals surface area contributed by atoms with Crippen LogP contribution in [0.2, 0.25) is 0 Å². The summed E-state index contributed by atoms with van der Waals surface area (Å²) >= 11 is 0. The average Bonchev–Trinajstić information content (AvgIpc) is 2.66. The van der Waals surface area contributed by atoms with Gasteiger partial charge in [0.1, 0.15) is 0 Å². The Morgan fingerprint density at radius 3 is 1.87 bits per heavy atom. The molecule has 0 amide bonds. The van der Waals surface area contributed by atoms with Gasteiger partial charge in [-0.25, -0.2) is 0 Å². The van der Waals surface area contributed by atoms with Crippen molar-refractivity contribution in [2.24, 2.45) is 10.2 Å². The SMILES string of the molecule is CCC1O[C@H](CN=[N+]=[N-])[C@@H](CN=[N+]=[N-])O1. The molecule has 15 heavy (non-hydrogen) atoms. The Kier molecular flexibility index (Phi) is 4.73. The van der Waals surface area contributed by atoms with E-state index in [-0.39, 0.29) is 31.6 Å². The first-order valence-corrected chi connectivity index (χ1v) is 4.64. The molecule has 1 aliphatic rings. The van der Waals surface area contributed by atoms with E-state index < -0.39 is 0 Å². The maximum Gasteiger partial charge on any atom is 0.158 e. The summed E-state index contributed by atoms with van der Waals surface area (Å²) in [5, 5.41) is 6.84. The molecule has 0 spiro atoms. The van der Waals surface area contributed by atoms with Crippen molar-refractivity contribution in [1.82, 2.24) is 0 Å². The largest absolute Gasteiger partial charge is 0.347 e. The van der Waals surface area contributed by atoms with Crippen LogP contribution >= 0.6 is 0 Å². The second-order valence-electron chi connectivity index (χ2n) is 3.01. The highest BCUT2D eigenvalue weighted by molar-refractivity contribution is 4.81. The van der Waals surface area contributed by atoms with Gasteiger partial charge in [-0.1, -0.05) is 17.2 Å². The van der Waals surface area contributed by atoms with Crippen LogP contribution in [0.15, 0.2) is 10.2 Å². The molecule has 8 heteroatoms. The second kappa shape index (κ2) is 6.10. The zero-order chi connectivity index (χ0) is 11.1. The van der Waals surface area contributed by atoms with Crippen LogP contribution in [0, 0.1) is 0 Å². The van der Waals surface area contributed by atoms with E-state index in [1.54, 1.807) is 0 Å². The van der Waals surface area contributed by atoms with Gasteiger partial charge in [0.15, 0.2) is 6.29 Å². The van der Waals surface area contributed by atoms with E-state index >= 15 is 0 Å². The number of nitrogens with zero attached hydrogens (tertiary/aromatic N) is 6. The topological polar surface area (TPSA) is 116 Å². The Balaban J connectivity index is 2.55. The van der Waals surface area contributed by atoms with Crippen LogP contribution in [0.25, 0.3) is 20.9 Å². The summed E-state index contributed by atoms with van der Waals surface area (Å²) in [6, 6.07) is 0. The van der Waals surface area contributed by atoms with E-state index in [1.165, 1.54) is 0 Å². The smallest absolute Gasteiger partial charge is 0.158 e. The van der Waals surface area contributed by atoms with Gasteiger partial charge in [-0.3, -0.25) is 0 Å². The molecule has 0 aromatic carbocycles. The first kappa shape index (κ1) is 11.6. The van der Waals surface area contributed by atoms with Crippen LogP contribution in [0.5, 0.6) is 0 Å². The molecular weight excluding hydrogens is 200 g/mol. The van der Waals surface area contributed by atoms with Gasteiger partial charge in [0.2, 0.25) is 0 Å². The zero-order valence-corrected chi connectivity index (χ0v) is 8.35. The third-order valence-corrected chi connectivity index (χ3v) is 2.05. The van der Waals surface area contributed by atoms with Crippen LogP contribution in [-0.4, -0.2) is 31.6 Å². The van der Waals surface area contributed by atoms with Crippen molar-refractivity contribution in [2.75, 3.05) is 13.1 Å². The maximum atomic E-state index is 8.19. The van der Waals surface area contributed by atoms with Gasteiger partial charge >= 0.3 is 0 Å². The van der Waals surface area contributed by atoms with Gasteiger partial charge in [-0.05, 0) is 17.5 Å². The molecule has 0 unspecified atom stereocenters. The predicted molar refractivity (Wildman–Crippen MR) is 51.9 cm³/mol. The first-order valence-electron chi connectivity index (χ1n) is 4.64. The van der Waals surface area contributed by atoms with Crippen LogP contribution < -0.4 is 0 Å². The highest BCUT2D eigenvalue weighted by Crippen LogP contribution is 2.22. The fourth-order valence-electron chi connectivity index (χ4n) is 1.34. The van der Waals surface area contributed by atoms with Crippen molar-refractivity contribution >= 4 is 0 Å². The lowest BCUT2D eigenvalue weighted by molar-refractivity contribution is -0.0652. The fourth-order valence-corrected chi connectivity index (χ4v) is 1.34. The van der Waals surface area contributed by atoms with Gasteiger partial charge in [-0.15, -0.1) is 0 Å². The second-order valence-corrected chi connectivity index (χ2v) is 3.01. The monoisotopic (exact) mass is 212 g/mol. The van der Waals surface area contributed by atoms with Gasteiger partial charge < -0.3 is 9.47 Å². The molecule has 0 bridgehead atoms. The van der Waals surface area contributed by atoms with E-state index in [0.29, 0.717) is 6.42 Å². The van der Waals surface area contributed by atoms with Crippen molar-refractivity contribution < 1.29 is 9.47 Å². The third kappa shape index (κ3) is 3.30. The highest BCUT2D eigenvalue weighted by atomic mass is 16.7. The zero-order valence-electron chi connectivity index (χ0n) is 8.35. The molecule has 1 heterocycles. The van der Waals surface area contributed by atoms with Gasteiger partial charge in [0.25, 0.3) is 0 Å². The third-order valence-electron chi connectivity index (χ3n) is 2.05. The van der Waals surface area contributed by atoms with E-state index in [9.17, 15) is 0 Å². The Morgan fingerprint density at radius 1 is 1.07 bits per heavy atom. The lowest BCUT2D eigenvalue weighted by Gasteiger charge is -2.10. The number of ether oxygens (including phenoxy) is 2. The average molecular weight is 212 g/mol. The van der Waals surface area contributed by atoms with E-state index in [0.717, 1.165) is 0 Å². The molecule has 0 aromatic heterocycles. The number of rotatable bonds is 5. The number of hydrogen-bond acceptors (Lipinski definition) is 4. The van der Waals surface area contributed by atoms with Crippen molar-refractivity contribution in [2.45, 2.75) is 31.8 Å². The molecule has 8 nitrogen and oxygen atoms in total. The Bertz CT molecular complexity index is 268. The number of hydrogen-bond donors (Lipinski definition) is 0. The summed E-state index contributed by atoms with van der Waals surface area (Å²) in [5.74, 6) is 0. The van der Waals surface area contributed by atoms with Gasteiger partial charge in [-0.2, -0.15) is 0 Å². The maximum absolute atomic E-state index is 8.19. The molecule has 0 N–H and O–H groups in total. The lowest BCUT2D eigenvalue weighted by Crippen LogP contribution is -2.27. The molecule has 1 saturated heterocycles. The molecule has 1 fully saturated rings. The summed E-state index contributed by atoms with van der Waals surface area (Å²) in [6.07, 6.45) is -0.241. The minimum absolute atomic E-state index is 0.193. The van der Waals surface area contributed by atoms with Crippen LogP contribution in [0.4, 0.5) is 0 Å². The summed E-state index contributed by atoms with van der Waals surface area (Å²) in [7, 11) is 0. The Hall–Kier alpha value is -1.46. The first-order chi connectivity index (χ1) is 7.31. The normalized spacial score (nSPS) is 29.3. The molecular formula is C7H12N6O2. The summed E-state index contributed by atoms with van der Waals surface area (Å²) in [6.45, 7) is 2.31. The summed E-state index contributed by atoms with van der Waals surface area (Å²) in [4.78, 5) is 5.30. The van der Waals surface area contributed by atoms with Gasteiger partial charge in [0, 0.05) is 9.82 Å². The summed E-state index contributed by atoms with van der Waals surface area (Å²) < 4.78 is 10.9. The molecule has 82 valence electrons. The standard InChI is InChI=1S/C7H12N6O2/c1-2-7-14-5(3-10-12-8)6(15-7)4-11-13-9/h5-7H,2-4H2,1H3/t5-,6-/m1/s1. The Labute approximate surface area is 86.4 Å². The predicted octanol–water partition coefficient (Wildman–Crippen LogP) is 2.13. The van der Waals surface area contributed by atoms with E-state index in [4.69, 9.17) is 20.5 Å². The highest BCUT2D eigenvalue weighted by Gasteiger charge is 2.33. The molecule has 0 aromatic rings. The van der Waals surface area contributed by atoms with Crippen molar-refractivity contribution in [3.63, 3.8) is 0 Å². The minimum Gasteiger partial charge on any atom is -0.347 e. The van der Waals surface area contributed by atoms with E-state index in [1.807, 2.05) is 6.92 Å². The molecule has 0 saturated carbocycles. The molecule has 0 aliphatic carbocycles. The molecule has 1 rings (SSSR count). The lowest BCUT2D eigenvalue weighted by atomic mass is 10.2. The molecule has 0 radical (unpaired) electrons. The Morgan fingerprint density at radius 2 is 1.53 bits per heavy atom. The van der Waals surface area contributed by atoms with Crippen molar-refractivity contribution in [1.29, 1.82) is 0 Å². The van der Waals surface area contributed by atoms with E-state index in [2.05, 4.69) is 20.1 Å². The molecule has 1 aliphatic heterocycles. The van der Waals surface area contributed by atoms with Gasteiger partial charge in [0.05, 0.1) is 25.3 Å².